The molecule has 0 aliphatic heterocycles. The molecule has 8 heteroatoms. The summed E-state index contributed by atoms with van der Waals surface area (Å²) < 4.78 is 0. The van der Waals surface area contributed by atoms with Gasteiger partial charge in [-0.25, -0.2) is 4.98 Å². The summed E-state index contributed by atoms with van der Waals surface area (Å²) in [5.74, 6) is 1.00. The number of hydrogen-bond donors (Lipinski definition) is 3. The van der Waals surface area contributed by atoms with Crippen molar-refractivity contribution in [3.05, 3.63) is 26.6 Å². The molecular formula is C16H24N4O2S2. The number of amides is 1. The fraction of sp³-hybridized carbons (Fsp3) is 0.562. The highest BCUT2D eigenvalue weighted by Gasteiger charge is 2.18. The standard InChI is InChI=1S/C16H24N4O2S2/c1-8-9(2)24-15-12(8)14(22)19-11(20-15)6-23-10(3)13(21)18-7-16(4,5)17/h10H,6-7,17H2,1-5H3,(H,18,21)(H,19,20,22). The van der Waals surface area contributed by atoms with Crippen LogP contribution in [0.5, 0.6) is 0 Å². The molecule has 1 unspecified atom stereocenters. The number of aryl methyl sites for hydroxylation is 2. The first kappa shape index (κ1) is 19.0. The van der Waals surface area contributed by atoms with Gasteiger partial charge in [-0.05, 0) is 40.2 Å². The van der Waals surface area contributed by atoms with Crippen molar-refractivity contribution in [2.75, 3.05) is 6.54 Å². The molecule has 2 rings (SSSR count). The zero-order chi connectivity index (χ0) is 18.1. The third kappa shape index (κ3) is 4.58. The van der Waals surface area contributed by atoms with E-state index < -0.39 is 5.54 Å². The number of aromatic nitrogens is 2. The number of carbonyl (C=O) groups is 1. The fourth-order valence-corrected chi connectivity index (χ4v) is 3.93. The molecule has 0 saturated carbocycles. The normalized spacial score (nSPS) is 13.2. The molecule has 0 saturated heterocycles. The van der Waals surface area contributed by atoms with Crippen molar-refractivity contribution in [1.82, 2.24) is 15.3 Å². The van der Waals surface area contributed by atoms with Crippen LogP contribution in [0.25, 0.3) is 10.2 Å². The second kappa shape index (κ2) is 7.25. The van der Waals surface area contributed by atoms with Crippen LogP contribution in [-0.2, 0) is 10.5 Å². The van der Waals surface area contributed by atoms with E-state index in [2.05, 4.69) is 15.3 Å². The number of rotatable bonds is 6. The van der Waals surface area contributed by atoms with Gasteiger partial charge in [-0.1, -0.05) is 0 Å². The van der Waals surface area contributed by atoms with Crippen molar-refractivity contribution in [2.24, 2.45) is 5.73 Å². The van der Waals surface area contributed by atoms with Gasteiger partial charge in [-0.3, -0.25) is 9.59 Å². The van der Waals surface area contributed by atoms with E-state index in [1.165, 1.54) is 23.1 Å². The zero-order valence-corrected chi connectivity index (χ0v) is 16.3. The number of thiophene rings is 1. The summed E-state index contributed by atoms with van der Waals surface area (Å²) in [6, 6.07) is 0. The summed E-state index contributed by atoms with van der Waals surface area (Å²) in [5.41, 5.74) is 6.30. The van der Waals surface area contributed by atoms with Gasteiger partial charge in [-0.2, -0.15) is 0 Å². The predicted molar refractivity (Wildman–Crippen MR) is 102 cm³/mol. The lowest BCUT2D eigenvalue weighted by atomic mass is 10.1. The molecule has 6 nitrogen and oxygen atoms in total. The first-order valence-electron chi connectivity index (χ1n) is 7.75. The Morgan fingerprint density at radius 2 is 2.12 bits per heavy atom. The minimum atomic E-state index is -0.438. The number of aromatic amines is 1. The van der Waals surface area contributed by atoms with Crippen LogP contribution >= 0.6 is 23.1 Å². The van der Waals surface area contributed by atoms with Crippen molar-refractivity contribution in [3.63, 3.8) is 0 Å². The highest BCUT2D eigenvalue weighted by Crippen LogP contribution is 2.26. The van der Waals surface area contributed by atoms with E-state index >= 15 is 0 Å². The molecule has 24 heavy (non-hydrogen) atoms. The molecule has 0 aromatic carbocycles. The monoisotopic (exact) mass is 368 g/mol. The van der Waals surface area contributed by atoms with Gasteiger partial charge in [0.25, 0.3) is 5.56 Å². The van der Waals surface area contributed by atoms with Gasteiger partial charge in [0.2, 0.25) is 5.91 Å². The van der Waals surface area contributed by atoms with E-state index in [0.29, 0.717) is 23.5 Å². The molecular weight excluding hydrogens is 344 g/mol. The summed E-state index contributed by atoms with van der Waals surface area (Å²) in [5, 5.41) is 3.25. The Morgan fingerprint density at radius 3 is 2.75 bits per heavy atom. The fourth-order valence-electron chi connectivity index (χ4n) is 2.11. The number of nitrogens with zero attached hydrogens (tertiary/aromatic N) is 1. The van der Waals surface area contributed by atoms with Crippen LogP contribution in [0.2, 0.25) is 0 Å². The molecule has 2 heterocycles. The number of nitrogens with two attached hydrogens (primary N) is 1. The van der Waals surface area contributed by atoms with Gasteiger partial charge in [0, 0.05) is 17.0 Å². The quantitative estimate of drug-likeness (QED) is 0.725. The van der Waals surface area contributed by atoms with Gasteiger partial charge in [0.15, 0.2) is 0 Å². The number of fused-ring (bicyclic) bond motifs is 1. The second-order valence-corrected chi connectivity index (χ2v) is 9.17. The lowest BCUT2D eigenvalue weighted by Gasteiger charge is -2.20. The third-order valence-electron chi connectivity index (χ3n) is 3.65. The van der Waals surface area contributed by atoms with Gasteiger partial charge < -0.3 is 16.0 Å². The number of thioether (sulfide) groups is 1. The first-order chi connectivity index (χ1) is 11.1. The average molecular weight is 369 g/mol. The Hall–Kier alpha value is -1.38. The third-order valence-corrected chi connectivity index (χ3v) is 5.90. The highest BCUT2D eigenvalue weighted by molar-refractivity contribution is 7.99. The van der Waals surface area contributed by atoms with E-state index in [-0.39, 0.29) is 16.7 Å². The van der Waals surface area contributed by atoms with Crippen molar-refractivity contribution in [3.8, 4) is 0 Å². The van der Waals surface area contributed by atoms with Crippen molar-refractivity contribution in [2.45, 2.75) is 51.2 Å². The summed E-state index contributed by atoms with van der Waals surface area (Å²) in [6.45, 7) is 9.90. The van der Waals surface area contributed by atoms with Crippen LogP contribution in [-0.4, -0.2) is 33.2 Å². The summed E-state index contributed by atoms with van der Waals surface area (Å²) >= 11 is 2.96. The molecule has 1 atom stereocenters. The first-order valence-corrected chi connectivity index (χ1v) is 9.62. The van der Waals surface area contributed by atoms with Crippen molar-refractivity contribution >= 4 is 39.2 Å². The van der Waals surface area contributed by atoms with E-state index in [1.807, 2.05) is 34.6 Å². The molecule has 2 aromatic rings. The zero-order valence-electron chi connectivity index (χ0n) is 14.6. The van der Waals surface area contributed by atoms with E-state index in [1.54, 1.807) is 0 Å². The van der Waals surface area contributed by atoms with Gasteiger partial charge in [-0.15, -0.1) is 23.1 Å². The molecule has 4 N–H and O–H groups in total. The van der Waals surface area contributed by atoms with Crippen LogP contribution < -0.4 is 16.6 Å². The maximum absolute atomic E-state index is 12.2. The SMILES string of the molecule is Cc1sc2nc(CSC(C)C(=O)NCC(C)(C)N)[nH]c(=O)c2c1C. The summed E-state index contributed by atoms with van der Waals surface area (Å²) in [4.78, 5) is 33.5. The molecule has 0 radical (unpaired) electrons. The Kier molecular flexibility index (Phi) is 5.72. The molecule has 0 spiro atoms. The molecule has 0 aliphatic carbocycles. The minimum absolute atomic E-state index is 0.0650. The predicted octanol–water partition coefficient (Wildman–Crippen LogP) is 2.08. The van der Waals surface area contributed by atoms with E-state index in [4.69, 9.17) is 5.73 Å². The largest absolute Gasteiger partial charge is 0.353 e. The highest BCUT2D eigenvalue weighted by atomic mass is 32.2. The van der Waals surface area contributed by atoms with Crippen LogP contribution in [0.15, 0.2) is 4.79 Å². The van der Waals surface area contributed by atoms with Gasteiger partial charge in [0.05, 0.1) is 16.4 Å². The Morgan fingerprint density at radius 1 is 1.46 bits per heavy atom. The van der Waals surface area contributed by atoms with Crippen LogP contribution in [0.1, 0.15) is 37.0 Å². The summed E-state index contributed by atoms with van der Waals surface area (Å²) in [6.07, 6.45) is 0. The average Bonchev–Trinajstić information content (AvgIpc) is 2.76. The molecule has 0 aliphatic rings. The molecule has 0 bridgehead atoms. The lowest BCUT2D eigenvalue weighted by molar-refractivity contribution is -0.120. The topological polar surface area (TPSA) is 101 Å². The Bertz CT molecular complexity index is 805. The number of H-pyrrole nitrogens is 1. The Balaban J connectivity index is 2.03. The van der Waals surface area contributed by atoms with Crippen molar-refractivity contribution in [1.29, 1.82) is 0 Å². The number of nitrogens with one attached hydrogen (secondary N) is 2. The number of hydrogen-bond acceptors (Lipinski definition) is 6. The number of carbonyl (C=O) groups excluding carboxylic acids is 1. The lowest BCUT2D eigenvalue weighted by Crippen LogP contribution is -2.46. The van der Waals surface area contributed by atoms with Crippen LogP contribution in [0.3, 0.4) is 0 Å². The molecule has 132 valence electrons. The maximum atomic E-state index is 12.2. The van der Waals surface area contributed by atoms with Crippen molar-refractivity contribution < 1.29 is 4.79 Å². The molecule has 1 amide bonds. The minimum Gasteiger partial charge on any atom is -0.353 e. The maximum Gasteiger partial charge on any atom is 0.259 e. The van der Waals surface area contributed by atoms with E-state index in [0.717, 1.165) is 15.3 Å². The summed E-state index contributed by atoms with van der Waals surface area (Å²) in [7, 11) is 0. The van der Waals surface area contributed by atoms with E-state index in [9.17, 15) is 9.59 Å². The van der Waals surface area contributed by atoms with Crippen LogP contribution in [0, 0.1) is 13.8 Å². The van der Waals surface area contributed by atoms with Crippen LogP contribution in [0.4, 0.5) is 0 Å². The Labute approximate surface area is 149 Å². The van der Waals surface area contributed by atoms with Gasteiger partial charge in [0.1, 0.15) is 10.7 Å². The van der Waals surface area contributed by atoms with Gasteiger partial charge >= 0.3 is 0 Å². The smallest absolute Gasteiger partial charge is 0.259 e. The second-order valence-electron chi connectivity index (χ2n) is 6.64. The molecule has 0 fully saturated rings. The molecule has 2 aromatic heterocycles.